The number of fused-ring (bicyclic) bond motifs is 4. The van der Waals surface area contributed by atoms with Gasteiger partial charge in [-0.2, -0.15) is 0 Å². The molecule has 2 saturated heterocycles. The van der Waals surface area contributed by atoms with Crippen LogP contribution in [0.3, 0.4) is 0 Å². The number of epoxide rings is 2. The van der Waals surface area contributed by atoms with Gasteiger partial charge in [0.15, 0.2) is 0 Å². The van der Waals surface area contributed by atoms with E-state index in [9.17, 15) is 0 Å². The van der Waals surface area contributed by atoms with Crippen molar-refractivity contribution in [3.05, 3.63) is 169 Å². The molecule has 0 N–H and O–H groups in total. The van der Waals surface area contributed by atoms with Gasteiger partial charge in [0, 0.05) is 0 Å². The zero-order valence-corrected chi connectivity index (χ0v) is 27.0. The molecule has 10 rings (SSSR count). The smallest absolute Gasteiger partial charge is 0.112 e. The average Bonchev–Trinajstić information content (AvgIpc) is 4.10. The number of hydrogen-bond donors (Lipinski definition) is 0. The Morgan fingerprint density at radius 2 is 0.735 bits per heavy atom. The Balaban J connectivity index is 0.901. The quantitative estimate of drug-likeness (QED) is 0.156. The maximum absolute atomic E-state index is 6.34. The molecule has 49 heavy (non-hydrogen) atoms. The lowest BCUT2D eigenvalue weighted by atomic mass is 9.88. The van der Waals surface area contributed by atoms with Crippen LogP contribution >= 0.6 is 0 Å². The molecule has 8 aromatic rings. The van der Waals surface area contributed by atoms with Crippen LogP contribution in [0.2, 0.25) is 0 Å². The van der Waals surface area contributed by atoms with Crippen molar-refractivity contribution in [3.63, 3.8) is 0 Å². The van der Waals surface area contributed by atoms with Crippen molar-refractivity contribution in [2.24, 2.45) is 0 Å². The van der Waals surface area contributed by atoms with Crippen LogP contribution in [-0.4, -0.2) is 25.4 Å². The van der Waals surface area contributed by atoms with Gasteiger partial charge in [0.25, 0.3) is 0 Å². The molecule has 8 aromatic carbocycles. The van der Waals surface area contributed by atoms with Crippen LogP contribution in [0, 0.1) is 0 Å². The van der Waals surface area contributed by atoms with E-state index in [1.165, 1.54) is 76.5 Å². The van der Waals surface area contributed by atoms with Crippen molar-refractivity contribution in [3.8, 4) is 22.3 Å². The Labute approximate surface area is 285 Å². The van der Waals surface area contributed by atoms with Gasteiger partial charge in [-0.25, -0.2) is 0 Å². The van der Waals surface area contributed by atoms with Gasteiger partial charge in [-0.1, -0.05) is 158 Å². The zero-order chi connectivity index (χ0) is 32.3. The fourth-order valence-electron chi connectivity index (χ4n) is 7.93. The lowest BCUT2D eigenvalue weighted by Gasteiger charge is -2.15. The SMILES string of the molecule is c1ccc2c(-c3c(C4OC4COCC4OC4c4ccc5ccccc5c4-c4cccc5ccccc45)ccc4ccccc34)cccc2c1. The highest BCUT2D eigenvalue weighted by Gasteiger charge is 2.45. The molecule has 2 aliphatic heterocycles. The Morgan fingerprint density at radius 1 is 0.367 bits per heavy atom. The summed E-state index contributed by atoms with van der Waals surface area (Å²) >= 11 is 0. The van der Waals surface area contributed by atoms with Crippen LogP contribution in [0.5, 0.6) is 0 Å². The maximum atomic E-state index is 6.34. The highest BCUT2D eigenvalue weighted by Crippen LogP contribution is 2.49. The van der Waals surface area contributed by atoms with Crippen molar-refractivity contribution in [2.45, 2.75) is 24.4 Å². The van der Waals surface area contributed by atoms with Crippen LogP contribution in [0.1, 0.15) is 23.3 Å². The third-order valence-electron chi connectivity index (χ3n) is 10.4. The van der Waals surface area contributed by atoms with Crippen LogP contribution in [-0.2, 0) is 14.2 Å². The first-order valence-corrected chi connectivity index (χ1v) is 17.2. The van der Waals surface area contributed by atoms with Gasteiger partial charge in [0.1, 0.15) is 24.4 Å². The van der Waals surface area contributed by atoms with E-state index in [-0.39, 0.29) is 24.4 Å². The van der Waals surface area contributed by atoms with Gasteiger partial charge < -0.3 is 14.2 Å². The fraction of sp³-hybridized carbons (Fsp3) is 0.130. The molecule has 2 fully saturated rings. The van der Waals surface area contributed by atoms with E-state index in [1.807, 2.05) is 0 Å². The molecule has 0 saturated carbocycles. The summed E-state index contributed by atoms with van der Waals surface area (Å²) in [6.07, 6.45) is 0.0129. The first-order chi connectivity index (χ1) is 24.3. The molecule has 0 aliphatic carbocycles. The van der Waals surface area contributed by atoms with E-state index in [1.54, 1.807) is 0 Å². The van der Waals surface area contributed by atoms with Gasteiger partial charge in [-0.3, -0.25) is 0 Å². The molecule has 0 amide bonds. The lowest BCUT2D eigenvalue weighted by Crippen LogP contribution is -2.09. The molecule has 3 nitrogen and oxygen atoms in total. The number of rotatable bonds is 8. The highest BCUT2D eigenvalue weighted by molar-refractivity contribution is 6.08. The monoisotopic (exact) mass is 634 g/mol. The minimum atomic E-state index is -0.00653. The number of benzene rings is 8. The van der Waals surface area contributed by atoms with Gasteiger partial charge in [0.2, 0.25) is 0 Å². The summed E-state index contributed by atoms with van der Waals surface area (Å²) in [5, 5.41) is 9.95. The summed E-state index contributed by atoms with van der Waals surface area (Å²) in [6.45, 7) is 1.07. The molecule has 2 aliphatic rings. The van der Waals surface area contributed by atoms with Gasteiger partial charge in [0.05, 0.1) is 13.2 Å². The summed E-state index contributed by atoms with van der Waals surface area (Å²) in [4.78, 5) is 0. The first kappa shape index (κ1) is 28.7. The summed E-state index contributed by atoms with van der Waals surface area (Å²) in [7, 11) is 0. The van der Waals surface area contributed by atoms with Crippen LogP contribution in [0.25, 0.3) is 65.3 Å². The predicted octanol–water partition coefficient (Wildman–Crippen LogP) is 11.2. The molecular formula is C46H34O3. The summed E-state index contributed by atoms with van der Waals surface area (Å²) in [6, 6.07) is 56.7. The van der Waals surface area contributed by atoms with Gasteiger partial charge in [-0.15, -0.1) is 0 Å². The van der Waals surface area contributed by atoms with Gasteiger partial charge in [-0.05, 0) is 76.5 Å². The van der Waals surface area contributed by atoms with Crippen LogP contribution < -0.4 is 0 Å². The topological polar surface area (TPSA) is 34.3 Å². The maximum Gasteiger partial charge on any atom is 0.112 e. The second kappa shape index (κ2) is 11.7. The first-order valence-electron chi connectivity index (χ1n) is 17.2. The predicted molar refractivity (Wildman–Crippen MR) is 200 cm³/mol. The normalized spacial score (nSPS) is 19.9. The van der Waals surface area contributed by atoms with Crippen molar-refractivity contribution in [1.29, 1.82) is 0 Å². The number of ether oxygens (including phenoxy) is 3. The van der Waals surface area contributed by atoms with E-state index in [0.717, 1.165) is 0 Å². The largest absolute Gasteiger partial charge is 0.376 e. The molecule has 0 spiro atoms. The highest BCUT2D eigenvalue weighted by atomic mass is 16.6. The summed E-state index contributed by atoms with van der Waals surface area (Å²) in [5.41, 5.74) is 7.44. The third kappa shape index (κ3) is 5.01. The summed E-state index contributed by atoms with van der Waals surface area (Å²) in [5.74, 6) is 0. The van der Waals surface area contributed by atoms with Crippen LogP contribution in [0.15, 0.2) is 158 Å². The lowest BCUT2D eigenvalue weighted by molar-refractivity contribution is 0.102. The molecule has 0 radical (unpaired) electrons. The van der Waals surface area contributed by atoms with E-state index >= 15 is 0 Å². The van der Waals surface area contributed by atoms with Crippen LogP contribution in [0.4, 0.5) is 0 Å². The molecule has 0 bridgehead atoms. The van der Waals surface area contributed by atoms with E-state index in [2.05, 4.69) is 158 Å². The van der Waals surface area contributed by atoms with E-state index in [4.69, 9.17) is 14.2 Å². The van der Waals surface area contributed by atoms with Crippen molar-refractivity contribution < 1.29 is 14.2 Å². The van der Waals surface area contributed by atoms with Gasteiger partial charge >= 0.3 is 0 Å². The molecular weight excluding hydrogens is 601 g/mol. The Kier molecular flexibility index (Phi) is 6.83. The summed E-state index contributed by atoms with van der Waals surface area (Å²) < 4.78 is 19.0. The Bertz CT molecular complexity index is 2350. The molecule has 236 valence electrons. The Morgan fingerprint density at radius 3 is 1.18 bits per heavy atom. The minimum absolute atomic E-state index is 0.00653. The molecule has 4 atom stereocenters. The standard InChI is InChI=1S/C46H34O3/c1-5-17-33-29(11-1)15-9-21-37(33)43-35-19-7-3-13-31(35)23-25-39(43)45-41(48-45)27-47-28-42-46(49-42)40-26-24-32-14-4-8-20-36(32)44(40)38-22-10-16-30-12-2-6-18-34(30)38/h1-26,41-42,45-46H,27-28H2. The van der Waals surface area contributed by atoms with E-state index in [0.29, 0.717) is 13.2 Å². The second-order valence-corrected chi connectivity index (χ2v) is 13.3. The molecule has 0 aromatic heterocycles. The minimum Gasteiger partial charge on any atom is -0.376 e. The number of hydrogen-bond acceptors (Lipinski definition) is 3. The third-order valence-corrected chi connectivity index (χ3v) is 10.4. The van der Waals surface area contributed by atoms with Crippen molar-refractivity contribution >= 4 is 43.1 Å². The average molecular weight is 635 g/mol. The molecule has 3 heteroatoms. The molecule has 2 heterocycles. The fourth-order valence-corrected chi connectivity index (χ4v) is 7.93. The van der Waals surface area contributed by atoms with Crippen molar-refractivity contribution in [1.82, 2.24) is 0 Å². The molecule has 4 unspecified atom stereocenters. The van der Waals surface area contributed by atoms with E-state index < -0.39 is 0 Å². The second-order valence-electron chi connectivity index (χ2n) is 13.3. The Hall–Kier alpha value is -5.32. The zero-order valence-electron chi connectivity index (χ0n) is 27.0. The van der Waals surface area contributed by atoms with Crippen molar-refractivity contribution in [2.75, 3.05) is 13.2 Å².